The molecule has 0 unspecified atom stereocenters. The van der Waals surface area contributed by atoms with Gasteiger partial charge in [0.05, 0.1) is 29.0 Å². The summed E-state index contributed by atoms with van der Waals surface area (Å²) in [5.41, 5.74) is 5.47. The molecule has 6 rings (SSSR count). The molecule has 3 heterocycles. The van der Waals surface area contributed by atoms with Gasteiger partial charge in [0.25, 0.3) is 5.91 Å². The summed E-state index contributed by atoms with van der Waals surface area (Å²) >= 11 is 0. The highest BCUT2D eigenvalue weighted by Crippen LogP contribution is 2.37. The van der Waals surface area contributed by atoms with Crippen molar-refractivity contribution in [2.75, 3.05) is 19.8 Å². The molecule has 1 aliphatic heterocycles. The van der Waals surface area contributed by atoms with E-state index in [0.717, 1.165) is 52.0 Å². The van der Waals surface area contributed by atoms with Gasteiger partial charge in [-0.25, -0.2) is 9.78 Å². The number of hydrogen-bond donors (Lipinski definition) is 1. The van der Waals surface area contributed by atoms with Crippen LogP contribution in [-0.4, -0.2) is 55.8 Å². The third-order valence-electron chi connectivity index (χ3n) is 7.35. The second-order valence-corrected chi connectivity index (χ2v) is 9.74. The van der Waals surface area contributed by atoms with Crippen molar-refractivity contribution in [2.24, 2.45) is 13.0 Å². The van der Waals surface area contributed by atoms with Crippen LogP contribution < -0.4 is 0 Å². The molecule has 2 aromatic heterocycles. The standard InChI is InChI=1S/C27H27FN4O3/c1-30-23-11-17-7-10-31(9-2-8-28)26(33)20(17)14-21(23)29-25(30)24-12-18-5-6-19(27(34)35)13-22(18)32(24)15-16-3-4-16/h5-6,11-14,16H,2-4,7-10,15H2,1H3,(H,34,35). The van der Waals surface area contributed by atoms with Crippen molar-refractivity contribution in [1.29, 1.82) is 0 Å². The van der Waals surface area contributed by atoms with Crippen molar-refractivity contribution >= 4 is 33.8 Å². The number of hydrogen-bond acceptors (Lipinski definition) is 3. The number of alkyl halides is 1. The Bertz CT molecular complexity index is 1500. The number of aromatic carboxylic acids is 1. The van der Waals surface area contributed by atoms with Gasteiger partial charge in [-0.1, -0.05) is 6.07 Å². The minimum Gasteiger partial charge on any atom is -0.478 e. The molecule has 7 nitrogen and oxygen atoms in total. The predicted molar refractivity (Wildman–Crippen MR) is 132 cm³/mol. The number of nitrogens with zero attached hydrogens (tertiary/aromatic N) is 4. The summed E-state index contributed by atoms with van der Waals surface area (Å²) < 4.78 is 16.9. The Morgan fingerprint density at radius 3 is 2.74 bits per heavy atom. The molecule has 0 radical (unpaired) electrons. The van der Waals surface area contributed by atoms with Crippen LogP contribution in [0.3, 0.4) is 0 Å². The molecule has 1 fully saturated rings. The van der Waals surface area contributed by atoms with Crippen molar-refractivity contribution in [3.05, 3.63) is 53.1 Å². The molecular weight excluding hydrogens is 447 g/mol. The van der Waals surface area contributed by atoms with Gasteiger partial charge < -0.3 is 19.1 Å². The van der Waals surface area contributed by atoms with Gasteiger partial charge in [-0.05, 0) is 67.5 Å². The van der Waals surface area contributed by atoms with E-state index in [1.54, 1.807) is 17.0 Å². The number of benzene rings is 2. The number of aromatic nitrogens is 3. The lowest BCUT2D eigenvalue weighted by atomic mass is 9.98. The van der Waals surface area contributed by atoms with Crippen LogP contribution in [-0.2, 0) is 20.0 Å². The molecular formula is C27H27FN4O3. The van der Waals surface area contributed by atoms with E-state index in [4.69, 9.17) is 4.98 Å². The number of rotatable bonds is 7. The van der Waals surface area contributed by atoms with Gasteiger partial charge in [0.2, 0.25) is 0 Å². The molecule has 8 heteroatoms. The number of carboxylic acids is 1. The second-order valence-electron chi connectivity index (χ2n) is 9.74. The van der Waals surface area contributed by atoms with E-state index in [-0.39, 0.29) is 11.5 Å². The van der Waals surface area contributed by atoms with E-state index in [1.807, 2.05) is 19.2 Å². The van der Waals surface area contributed by atoms with Gasteiger partial charge in [0, 0.05) is 43.1 Å². The molecule has 0 bridgehead atoms. The largest absolute Gasteiger partial charge is 0.478 e. The molecule has 0 spiro atoms. The van der Waals surface area contributed by atoms with Crippen LogP contribution in [0.2, 0.25) is 0 Å². The number of carbonyl (C=O) groups is 2. The number of imidazole rings is 1. The maximum absolute atomic E-state index is 13.0. The normalized spacial score (nSPS) is 15.8. The highest BCUT2D eigenvalue weighted by atomic mass is 19.1. The first-order chi connectivity index (χ1) is 16.9. The molecule has 2 aromatic carbocycles. The second kappa shape index (κ2) is 8.22. The van der Waals surface area contributed by atoms with Crippen LogP contribution in [0.15, 0.2) is 36.4 Å². The molecule has 2 aliphatic rings. The fourth-order valence-electron chi connectivity index (χ4n) is 5.24. The van der Waals surface area contributed by atoms with Gasteiger partial charge in [-0.15, -0.1) is 0 Å². The summed E-state index contributed by atoms with van der Waals surface area (Å²) in [5, 5.41) is 10.5. The van der Waals surface area contributed by atoms with E-state index in [1.165, 1.54) is 12.8 Å². The summed E-state index contributed by atoms with van der Waals surface area (Å²) in [6, 6.07) is 11.2. The fraction of sp³-hybridized carbons (Fsp3) is 0.370. The monoisotopic (exact) mass is 474 g/mol. The molecule has 35 heavy (non-hydrogen) atoms. The van der Waals surface area contributed by atoms with Crippen molar-refractivity contribution < 1.29 is 19.1 Å². The maximum Gasteiger partial charge on any atom is 0.335 e. The van der Waals surface area contributed by atoms with Crippen LogP contribution in [0, 0.1) is 5.92 Å². The highest BCUT2D eigenvalue weighted by Gasteiger charge is 2.28. The first-order valence-corrected chi connectivity index (χ1v) is 12.2. The lowest BCUT2D eigenvalue weighted by molar-refractivity contribution is 0.0695. The van der Waals surface area contributed by atoms with Crippen LogP contribution in [0.25, 0.3) is 33.5 Å². The first kappa shape index (κ1) is 21.8. The Morgan fingerprint density at radius 2 is 2.00 bits per heavy atom. The van der Waals surface area contributed by atoms with E-state index in [9.17, 15) is 19.1 Å². The van der Waals surface area contributed by atoms with Gasteiger partial charge in [-0.2, -0.15) is 0 Å². The third-order valence-corrected chi connectivity index (χ3v) is 7.35. The Labute approximate surface area is 201 Å². The summed E-state index contributed by atoms with van der Waals surface area (Å²) in [6.07, 6.45) is 3.44. The zero-order valence-corrected chi connectivity index (χ0v) is 19.6. The topological polar surface area (TPSA) is 80.4 Å². The highest BCUT2D eigenvalue weighted by molar-refractivity contribution is 6.01. The average Bonchev–Trinajstić information content (AvgIpc) is 3.53. The Kier molecular flexibility index (Phi) is 5.12. The number of carboxylic acid groups (broad SMARTS) is 1. The van der Waals surface area contributed by atoms with Crippen LogP contribution in [0.1, 0.15) is 45.5 Å². The van der Waals surface area contributed by atoms with E-state index in [0.29, 0.717) is 31.0 Å². The zero-order chi connectivity index (χ0) is 24.3. The van der Waals surface area contributed by atoms with Crippen LogP contribution >= 0.6 is 0 Å². The van der Waals surface area contributed by atoms with Gasteiger partial charge in [-0.3, -0.25) is 9.18 Å². The van der Waals surface area contributed by atoms with Crippen molar-refractivity contribution in [3.8, 4) is 11.5 Å². The van der Waals surface area contributed by atoms with Crippen LogP contribution in [0.4, 0.5) is 4.39 Å². The Hall–Kier alpha value is -3.68. The molecule has 1 amide bonds. The minimum absolute atomic E-state index is 0.0575. The minimum atomic E-state index is -0.939. The van der Waals surface area contributed by atoms with Crippen molar-refractivity contribution in [2.45, 2.75) is 32.2 Å². The summed E-state index contributed by atoms with van der Waals surface area (Å²) in [5.74, 6) is 0.384. The summed E-state index contributed by atoms with van der Waals surface area (Å²) in [7, 11) is 1.98. The number of amides is 1. The predicted octanol–water partition coefficient (Wildman–Crippen LogP) is 4.66. The lowest BCUT2D eigenvalue weighted by Gasteiger charge is -2.28. The van der Waals surface area contributed by atoms with E-state index < -0.39 is 12.6 Å². The number of fused-ring (bicyclic) bond motifs is 3. The summed E-state index contributed by atoms with van der Waals surface area (Å²) in [6.45, 7) is 1.43. The fourth-order valence-corrected chi connectivity index (χ4v) is 5.24. The number of halogens is 1. The van der Waals surface area contributed by atoms with Crippen LogP contribution in [0.5, 0.6) is 0 Å². The number of carbonyl (C=O) groups excluding carboxylic acids is 1. The van der Waals surface area contributed by atoms with Crippen molar-refractivity contribution in [1.82, 2.24) is 19.0 Å². The van der Waals surface area contributed by atoms with Crippen molar-refractivity contribution in [3.63, 3.8) is 0 Å². The smallest absolute Gasteiger partial charge is 0.335 e. The SMILES string of the molecule is Cn1c(-c2cc3ccc(C(=O)O)cc3n2CC2CC2)nc2cc3c(cc21)CCN(CCCF)C3=O. The number of aryl methyl sites for hydroxylation is 1. The molecule has 1 aliphatic carbocycles. The molecule has 0 atom stereocenters. The molecule has 4 aromatic rings. The molecule has 1 saturated carbocycles. The molecule has 180 valence electrons. The molecule has 1 N–H and O–H groups in total. The van der Waals surface area contributed by atoms with Gasteiger partial charge in [0.15, 0.2) is 5.82 Å². The molecule has 0 saturated heterocycles. The average molecular weight is 475 g/mol. The summed E-state index contributed by atoms with van der Waals surface area (Å²) in [4.78, 5) is 31.3. The third kappa shape index (κ3) is 3.68. The Morgan fingerprint density at radius 1 is 1.17 bits per heavy atom. The van der Waals surface area contributed by atoms with Gasteiger partial charge in [0.1, 0.15) is 0 Å². The quantitative estimate of drug-likeness (QED) is 0.422. The Balaban J connectivity index is 1.48. The van der Waals surface area contributed by atoms with E-state index in [2.05, 4.69) is 21.3 Å². The lowest BCUT2D eigenvalue weighted by Crippen LogP contribution is -2.38. The van der Waals surface area contributed by atoms with Gasteiger partial charge >= 0.3 is 5.97 Å². The zero-order valence-electron chi connectivity index (χ0n) is 19.6. The maximum atomic E-state index is 13.0. The van der Waals surface area contributed by atoms with E-state index >= 15 is 0 Å². The first-order valence-electron chi connectivity index (χ1n) is 12.2.